The maximum absolute atomic E-state index is 14.7. The summed E-state index contributed by atoms with van der Waals surface area (Å²) in [6, 6.07) is 5.16. The zero-order valence-electron chi connectivity index (χ0n) is 23.9. The summed E-state index contributed by atoms with van der Waals surface area (Å²) < 4.78 is 25.1. The number of halogens is 1. The topological polar surface area (TPSA) is 94.0 Å². The normalized spacial score (nSPS) is 28.8. The molecule has 1 amide bonds. The first-order chi connectivity index (χ1) is 17.6. The molecule has 4 N–H and O–H groups in total. The Morgan fingerprint density at radius 1 is 1.19 bits per heavy atom. The van der Waals surface area contributed by atoms with Crippen LogP contribution < -0.4 is 11.5 Å². The Bertz CT molecular complexity index is 800. The molecule has 37 heavy (non-hydrogen) atoms. The van der Waals surface area contributed by atoms with Gasteiger partial charge < -0.3 is 25.8 Å². The zero-order valence-corrected chi connectivity index (χ0v) is 23.9. The first-order valence-electron chi connectivity index (χ1n) is 14.0. The Morgan fingerprint density at radius 2 is 1.78 bits per heavy atom. The summed E-state index contributed by atoms with van der Waals surface area (Å²) in [6.07, 6.45) is 6.19. The highest BCUT2D eigenvalue weighted by Gasteiger charge is 2.43. The smallest absolute Gasteiger partial charge is 0.209 e. The summed E-state index contributed by atoms with van der Waals surface area (Å²) in [6.45, 7) is 14.0. The van der Waals surface area contributed by atoms with E-state index in [4.69, 9.17) is 20.9 Å². The second kappa shape index (κ2) is 15.1. The van der Waals surface area contributed by atoms with Gasteiger partial charge in [-0.25, -0.2) is 4.39 Å². The fraction of sp³-hybridized carbons (Fsp3) is 0.759. The Labute approximate surface area is 224 Å². The second-order valence-corrected chi connectivity index (χ2v) is 11.2. The Kier molecular flexibility index (Phi) is 12.9. The van der Waals surface area contributed by atoms with Crippen molar-refractivity contribution in [2.45, 2.75) is 91.3 Å². The molecule has 2 aliphatic carbocycles. The first-order valence-corrected chi connectivity index (χ1v) is 14.0. The van der Waals surface area contributed by atoms with Gasteiger partial charge in [0, 0.05) is 30.7 Å². The fourth-order valence-electron chi connectivity index (χ4n) is 6.18. The fourth-order valence-corrected chi connectivity index (χ4v) is 6.18. The molecule has 212 valence electrons. The van der Waals surface area contributed by atoms with Gasteiger partial charge in [0.1, 0.15) is 18.3 Å². The summed E-state index contributed by atoms with van der Waals surface area (Å²) in [7, 11) is 2.14. The molecule has 2 saturated carbocycles. The molecule has 0 spiro atoms. The van der Waals surface area contributed by atoms with Crippen molar-refractivity contribution < 1.29 is 18.7 Å². The second-order valence-electron chi connectivity index (χ2n) is 11.2. The lowest BCUT2D eigenvalue weighted by molar-refractivity contribution is -0.121. The van der Waals surface area contributed by atoms with Crippen molar-refractivity contribution in [2.75, 3.05) is 33.4 Å². The molecule has 1 heterocycles. The van der Waals surface area contributed by atoms with Crippen LogP contribution in [0.2, 0.25) is 0 Å². The van der Waals surface area contributed by atoms with E-state index in [1.807, 2.05) is 26.0 Å². The van der Waals surface area contributed by atoms with Gasteiger partial charge in [-0.05, 0) is 82.4 Å². The van der Waals surface area contributed by atoms with Crippen LogP contribution in [0.3, 0.4) is 0 Å². The molecule has 1 aromatic rings. The number of ether oxygens (including phenoxy) is 2. The quantitative estimate of drug-likeness (QED) is 0.400. The van der Waals surface area contributed by atoms with E-state index in [2.05, 4.69) is 25.8 Å². The Morgan fingerprint density at radius 3 is 2.27 bits per heavy atom. The summed E-state index contributed by atoms with van der Waals surface area (Å²) in [4.78, 5) is 14.1. The molecule has 1 aliphatic heterocycles. The highest BCUT2D eigenvalue weighted by Crippen LogP contribution is 2.48. The molecule has 4 unspecified atom stereocenters. The monoisotopic (exact) mass is 522 g/mol. The number of hydrogen-bond acceptors (Lipinski definition) is 6. The molecule has 4 atom stereocenters. The Balaban J connectivity index is 0.000000406. The predicted molar refractivity (Wildman–Crippen MR) is 147 cm³/mol. The third-order valence-corrected chi connectivity index (χ3v) is 7.89. The van der Waals surface area contributed by atoms with Gasteiger partial charge in [-0.1, -0.05) is 32.9 Å². The van der Waals surface area contributed by atoms with Gasteiger partial charge in [0.15, 0.2) is 0 Å². The maximum atomic E-state index is 14.7. The van der Waals surface area contributed by atoms with Gasteiger partial charge in [0.25, 0.3) is 0 Å². The molecule has 4 rings (SSSR count). The third kappa shape index (κ3) is 9.59. The number of nitrogens with two attached hydrogens (primary N) is 2. The number of carbonyl (C=O) groups excluding carboxylic acids is 1. The summed E-state index contributed by atoms with van der Waals surface area (Å²) in [5, 5.41) is 0. The van der Waals surface area contributed by atoms with E-state index in [9.17, 15) is 9.18 Å². The predicted octanol–water partition coefficient (Wildman–Crippen LogP) is 4.64. The number of rotatable bonds is 7. The van der Waals surface area contributed by atoms with E-state index >= 15 is 0 Å². The van der Waals surface area contributed by atoms with Gasteiger partial charge in [0.2, 0.25) is 6.41 Å². The van der Waals surface area contributed by atoms with E-state index in [1.54, 1.807) is 11.8 Å². The highest BCUT2D eigenvalue weighted by atomic mass is 19.1. The number of hydrogen-bond donors (Lipinski definition) is 2. The maximum Gasteiger partial charge on any atom is 0.209 e. The number of nitrogens with zero attached hydrogens (tertiary/aromatic N) is 2. The van der Waals surface area contributed by atoms with Crippen LogP contribution in [0.15, 0.2) is 18.2 Å². The molecule has 3 fully saturated rings. The minimum Gasteiger partial charge on any atom is -0.378 e. The van der Waals surface area contributed by atoms with Gasteiger partial charge >= 0.3 is 0 Å². The van der Waals surface area contributed by atoms with Crippen LogP contribution in [0.5, 0.6) is 0 Å². The first kappa shape index (κ1) is 31.6. The lowest BCUT2D eigenvalue weighted by atomic mass is 9.62. The summed E-state index contributed by atoms with van der Waals surface area (Å²) in [5.41, 5.74) is 13.0. The largest absolute Gasteiger partial charge is 0.378 e. The van der Waals surface area contributed by atoms with E-state index in [1.165, 1.54) is 38.2 Å². The van der Waals surface area contributed by atoms with E-state index in [0.29, 0.717) is 30.9 Å². The van der Waals surface area contributed by atoms with Crippen molar-refractivity contribution in [3.8, 4) is 0 Å². The van der Waals surface area contributed by atoms with E-state index in [-0.39, 0.29) is 11.4 Å². The molecule has 1 saturated heterocycles. The van der Waals surface area contributed by atoms with Crippen molar-refractivity contribution in [3.63, 3.8) is 0 Å². The average molecular weight is 523 g/mol. The van der Waals surface area contributed by atoms with Crippen LogP contribution in [0, 0.1) is 23.6 Å². The van der Waals surface area contributed by atoms with Crippen LogP contribution in [0.1, 0.15) is 84.1 Å². The SMILES string of the molecule is CC.CC1CC2CC(C1)CC(C)(N(C)Cc1ccc(C(N)OC(C)N)cc1F)C2.O=CN1CCOCC1. The van der Waals surface area contributed by atoms with Crippen LogP contribution >= 0.6 is 0 Å². The van der Waals surface area contributed by atoms with Crippen molar-refractivity contribution in [1.82, 2.24) is 9.80 Å². The molecule has 8 heteroatoms. The van der Waals surface area contributed by atoms with E-state index in [0.717, 1.165) is 37.3 Å². The van der Waals surface area contributed by atoms with Gasteiger partial charge in [-0.15, -0.1) is 0 Å². The minimum absolute atomic E-state index is 0.146. The number of amides is 1. The van der Waals surface area contributed by atoms with Gasteiger partial charge in [0.05, 0.1) is 13.2 Å². The van der Waals surface area contributed by atoms with Gasteiger partial charge in [-0.2, -0.15) is 0 Å². The standard InChI is InChI=1S/C22H36FN3O.C5H9NO2.C2H6/c1-14-7-16-9-17(8-14)12-22(3,11-16)26(4)13-19-6-5-18(10-20(19)23)21(25)27-15(2)24;7-5-6-1-3-8-4-2-6;1-2/h5-6,10,14-17,21H,7-9,11-13,24-25H2,1-4H3;5H,1-4H2;1-2H3. The van der Waals surface area contributed by atoms with E-state index < -0.39 is 12.5 Å². The molecule has 0 radical (unpaired) electrons. The van der Waals surface area contributed by atoms with Crippen molar-refractivity contribution >= 4 is 6.41 Å². The molecule has 0 aromatic heterocycles. The molecule has 2 bridgehead atoms. The van der Waals surface area contributed by atoms with Crippen LogP contribution in [-0.2, 0) is 20.8 Å². The van der Waals surface area contributed by atoms with Crippen LogP contribution in [-0.4, -0.2) is 61.3 Å². The molecule has 7 nitrogen and oxygen atoms in total. The van der Waals surface area contributed by atoms with Crippen LogP contribution in [0.25, 0.3) is 0 Å². The number of carbonyl (C=O) groups is 1. The number of morpholine rings is 1. The molecule has 3 aliphatic rings. The lowest BCUT2D eigenvalue weighted by Gasteiger charge is -2.51. The lowest BCUT2D eigenvalue weighted by Crippen LogP contribution is -2.50. The van der Waals surface area contributed by atoms with Crippen molar-refractivity contribution in [3.05, 3.63) is 35.1 Å². The molecule has 1 aromatic carbocycles. The number of benzene rings is 1. The molecular formula is C29H51FN4O3. The van der Waals surface area contributed by atoms with Crippen molar-refractivity contribution in [2.24, 2.45) is 29.2 Å². The Hall–Kier alpha value is -1.58. The summed E-state index contributed by atoms with van der Waals surface area (Å²) >= 11 is 0. The minimum atomic E-state index is -0.705. The molecular weight excluding hydrogens is 471 g/mol. The third-order valence-electron chi connectivity index (χ3n) is 7.89. The summed E-state index contributed by atoms with van der Waals surface area (Å²) in [5.74, 6) is 2.27. The number of fused-ring (bicyclic) bond motifs is 2. The van der Waals surface area contributed by atoms with Gasteiger partial charge in [-0.3, -0.25) is 9.69 Å². The average Bonchev–Trinajstić information content (AvgIpc) is 2.86. The highest BCUT2D eigenvalue weighted by molar-refractivity contribution is 5.46. The van der Waals surface area contributed by atoms with Crippen LogP contribution in [0.4, 0.5) is 4.39 Å². The van der Waals surface area contributed by atoms with Crippen molar-refractivity contribution in [1.29, 1.82) is 0 Å². The zero-order chi connectivity index (χ0) is 27.6.